The van der Waals surface area contributed by atoms with E-state index >= 15 is 0 Å². The summed E-state index contributed by atoms with van der Waals surface area (Å²) >= 11 is 7.33. The van der Waals surface area contributed by atoms with Gasteiger partial charge in [-0.15, -0.1) is 10.2 Å². The molecule has 1 aromatic heterocycles. The van der Waals surface area contributed by atoms with Gasteiger partial charge in [0.05, 0.1) is 24.5 Å². The van der Waals surface area contributed by atoms with E-state index in [-0.39, 0.29) is 17.7 Å². The normalized spacial score (nSPS) is 11.8. The van der Waals surface area contributed by atoms with Gasteiger partial charge >= 0.3 is 0 Å². The van der Waals surface area contributed by atoms with E-state index in [0.29, 0.717) is 27.4 Å². The fourth-order valence-electron chi connectivity index (χ4n) is 2.51. The average molecular weight is 404 g/mol. The number of halogens is 1. The van der Waals surface area contributed by atoms with Crippen LogP contribution in [0.3, 0.4) is 0 Å². The van der Waals surface area contributed by atoms with Crippen LogP contribution in [0.4, 0.5) is 0 Å². The Morgan fingerprint density at radius 1 is 1.22 bits per heavy atom. The van der Waals surface area contributed by atoms with Gasteiger partial charge in [0.2, 0.25) is 5.91 Å². The molecule has 27 heavy (non-hydrogen) atoms. The maximum Gasteiger partial charge on any atom is 0.277 e. The molecule has 0 aliphatic heterocycles. The van der Waals surface area contributed by atoms with E-state index in [9.17, 15) is 4.79 Å². The Morgan fingerprint density at radius 2 is 1.96 bits per heavy atom. The summed E-state index contributed by atoms with van der Waals surface area (Å²) in [6, 6.07) is 14.6. The molecule has 0 bridgehead atoms. The number of thioether (sulfide) groups is 1. The Kier molecular flexibility index (Phi) is 6.36. The van der Waals surface area contributed by atoms with Crippen molar-refractivity contribution in [3.8, 4) is 17.2 Å². The lowest BCUT2D eigenvalue weighted by Gasteiger charge is -2.15. The number of ether oxygens (including phenoxy) is 1. The number of methoxy groups -OCH3 is 1. The highest BCUT2D eigenvalue weighted by Crippen LogP contribution is 2.30. The minimum atomic E-state index is -0.196. The Morgan fingerprint density at radius 3 is 2.74 bits per heavy atom. The van der Waals surface area contributed by atoms with Crippen LogP contribution in [0.15, 0.2) is 58.2 Å². The van der Waals surface area contributed by atoms with Gasteiger partial charge in [-0.05, 0) is 30.7 Å². The second-order valence-electron chi connectivity index (χ2n) is 5.67. The maximum atomic E-state index is 12.2. The third-order valence-electron chi connectivity index (χ3n) is 3.82. The van der Waals surface area contributed by atoms with Crippen LogP contribution in [-0.2, 0) is 4.79 Å². The Balaban J connectivity index is 1.58. The van der Waals surface area contributed by atoms with E-state index in [0.717, 1.165) is 5.56 Å². The number of nitrogens with zero attached hydrogens (tertiary/aromatic N) is 2. The zero-order chi connectivity index (χ0) is 19.2. The highest BCUT2D eigenvalue weighted by atomic mass is 35.5. The molecule has 0 fully saturated rings. The van der Waals surface area contributed by atoms with E-state index < -0.39 is 0 Å². The molecule has 8 heteroatoms. The SMILES string of the molecule is COc1ccccc1-c1nnc(SCC(=O)NC(C)c2ccccc2Cl)o1. The number of carbonyl (C=O) groups is 1. The smallest absolute Gasteiger partial charge is 0.277 e. The largest absolute Gasteiger partial charge is 0.496 e. The molecular formula is C19H18ClN3O3S. The van der Waals surface area contributed by atoms with Gasteiger partial charge in [-0.2, -0.15) is 0 Å². The van der Waals surface area contributed by atoms with Crippen LogP contribution in [0, 0.1) is 0 Å². The van der Waals surface area contributed by atoms with Crippen molar-refractivity contribution in [2.24, 2.45) is 0 Å². The van der Waals surface area contributed by atoms with Crippen molar-refractivity contribution in [1.29, 1.82) is 0 Å². The molecule has 3 aromatic rings. The molecule has 1 unspecified atom stereocenters. The van der Waals surface area contributed by atoms with Crippen molar-refractivity contribution in [1.82, 2.24) is 15.5 Å². The first-order valence-electron chi connectivity index (χ1n) is 8.22. The molecule has 0 spiro atoms. The van der Waals surface area contributed by atoms with Crippen LogP contribution < -0.4 is 10.1 Å². The number of nitrogens with one attached hydrogen (secondary N) is 1. The summed E-state index contributed by atoms with van der Waals surface area (Å²) in [5, 5.41) is 11.9. The minimum Gasteiger partial charge on any atom is -0.496 e. The number of carbonyl (C=O) groups excluding carboxylic acids is 1. The van der Waals surface area contributed by atoms with E-state index in [1.54, 1.807) is 13.2 Å². The monoisotopic (exact) mass is 403 g/mol. The molecule has 3 rings (SSSR count). The Bertz CT molecular complexity index is 932. The van der Waals surface area contributed by atoms with Crippen LogP contribution in [0.25, 0.3) is 11.5 Å². The van der Waals surface area contributed by atoms with Crippen molar-refractivity contribution in [3.63, 3.8) is 0 Å². The number of hydrogen-bond acceptors (Lipinski definition) is 6. The highest BCUT2D eigenvalue weighted by Gasteiger charge is 2.16. The van der Waals surface area contributed by atoms with Crippen molar-refractivity contribution in [3.05, 3.63) is 59.1 Å². The molecule has 2 aromatic carbocycles. The average Bonchev–Trinajstić information content (AvgIpc) is 3.15. The van der Waals surface area contributed by atoms with Gasteiger partial charge in [-0.25, -0.2) is 0 Å². The van der Waals surface area contributed by atoms with Crippen LogP contribution in [0.5, 0.6) is 5.75 Å². The lowest BCUT2D eigenvalue weighted by molar-refractivity contribution is -0.119. The summed E-state index contributed by atoms with van der Waals surface area (Å²) in [4.78, 5) is 12.2. The molecule has 0 aliphatic rings. The van der Waals surface area contributed by atoms with E-state index in [1.165, 1.54) is 11.8 Å². The van der Waals surface area contributed by atoms with Gasteiger partial charge in [-0.1, -0.05) is 53.7 Å². The standard InChI is InChI=1S/C19H18ClN3O3S/c1-12(13-7-3-5-9-15(13)20)21-17(24)11-27-19-23-22-18(26-19)14-8-4-6-10-16(14)25-2/h3-10,12H,11H2,1-2H3,(H,21,24). The summed E-state index contributed by atoms with van der Waals surface area (Å²) in [6.45, 7) is 1.89. The van der Waals surface area contributed by atoms with E-state index in [2.05, 4.69) is 15.5 Å². The molecule has 140 valence electrons. The minimum absolute atomic E-state index is 0.149. The molecule has 1 atom stereocenters. The number of hydrogen-bond donors (Lipinski definition) is 1. The number of benzene rings is 2. The third-order valence-corrected chi connectivity index (χ3v) is 4.98. The van der Waals surface area contributed by atoms with E-state index in [1.807, 2.05) is 49.4 Å². The summed E-state index contributed by atoms with van der Waals surface area (Å²) in [5.74, 6) is 0.996. The molecule has 1 N–H and O–H groups in total. The molecule has 6 nitrogen and oxygen atoms in total. The Hall–Kier alpha value is -2.51. The second-order valence-corrected chi connectivity index (χ2v) is 7.01. The fourth-order valence-corrected chi connectivity index (χ4v) is 3.39. The van der Waals surface area contributed by atoms with Crippen molar-refractivity contribution in [2.75, 3.05) is 12.9 Å². The van der Waals surface area contributed by atoms with Crippen molar-refractivity contribution in [2.45, 2.75) is 18.2 Å². The number of para-hydroxylation sites is 1. The van der Waals surface area contributed by atoms with Crippen molar-refractivity contribution >= 4 is 29.3 Å². The Labute approximate surface area is 166 Å². The predicted molar refractivity (Wildman–Crippen MR) is 105 cm³/mol. The topological polar surface area (TPSA) is 77.2 Å². The number of amides is 1. The molecule has 0 saturated carbocycles. The second kappa shape index (κ2) is 8.92. The maximum absolute atomic E-state index is 12.2. The molecule has 0 radical (unpaired) electrons. The van der Waals surface area contributed by atoms with Crippen LogP contribution >= 0.6 is 23.4 Å². The van der Waals surface area contributed by atoms with Crippen LogP contribution in [-0.4, -0.2) is 29.0 Å². The van der Waals surface area contributed by atoms with Gasteiger partial charge in [-0.3, -0.25) is 4.79 Å². The van der Waals surface area contributed by atoms with Gasteiger partial charge in [0, 0.05) is 5.02 Å². The number of rotatable bonds is 7. The highest BCUT2D eigenvalue weighted by molar-refractivity contribution is 7.99. The van der Waals surface area contributed by atoms with Gasteiger partial charge in [0.25, 0.3) is 11.1 Å². The molecule has 0 aliphatic carbocycles. The number of aromatic nitrogens is 2. The van der Waals surface area contributed by atoms with Crippen molar-refractivity contribution < 1.29 is 13.9 Å². The summed E-state index contributed by atoms with van der Waals surface area (Å²) < 4.78 is 10.9. The van der Waals surface area contributed by atoms with Gasteiger partial charge in [0.1, 0.15) is 5.75 Å². The van der Waals surface area contributed by atoms with E-state index in [4.69, 9.17) is 20.8 Å². The first-order valence-corrected chi connectivity index (χ1v) is 9.58. The lowest BCUT2D eigenvalue weighted by Crippen LogP contribution is -2.28. The fraction of sp³-hybridized carbons (Fsp3) is 0.211. The summed E-state index contributed by atoms with van der Waals surface area (Å²) in [6.07, 6.45) is 0. The van der Waals surface area contributed by atoms with Crippen LogP contribution in [0.1, 0.15) is 18.5 Å². The first kappa shape index (κ1) is 19.3. The summed E-state index contributed by atoms with van der Waals surface area (Å²) in [5.41, 5.74) is 1.57. The molecule has 1 amide bonds. The first-order chi connectivity index (χ1) is 13.1. The quantitative estimate of drug-likeness (QED) is 0.590. The lowest BCUT2D eigenvalue weighted by atomic mass is 10.1. The zero-order valence-electron chi connectivity index (χ0n) is 14.8. The summed E-state index contributed by atoms with van der Waals surface area (Å²) in [7, 11) is 1.58. The van der Waals surface area contributed by atoms with Gasteiger partial charge < -0.3 is 14.5 Å². The van der Waals surface area contributed by atoms with Crippen LogP contribution in [0.2, 0.25) is 5.02 Å². The molecule has 1 heterocycles. The molecule has 0 saturated heterocycles. The molecular weight excluding hydrogens is 386 g/mol. The predicted octanol–water partition coefficient (Wildman–Crippen LogP) is 4.37. The zero-order valence-corrected chi connectivity index (χ0v) is 16.4. The third kappa shape index (κ3) is 4.81. The van der Waals surface area contributed by atoms with Gasteiger partial charge in [0.15, 0.2) is 0 Å².